The predicted octanol–water partition coefficient (Wildman–Crippen LogP) is 1.49. The van der Waals surface area contributed by atoms with Crippen LogP contribution in [0.2, 0.25) is 0 Å². The molecule has 134 valence electrons. The Morgan fingerprint density at radius 2 is 2.16 bits per heavy atom. The molecule has 8 nitrogen and oxygen atoms in total. The number of carbonyl (C=O) groups is 1. The fraction of sp³-hybridized carbons (Fsp3) is 0.375. The summed E-state index contributed by atoms with van der Waals surface area (Å²) in [4.78, 5) is 16.5. The van der Waals surface area contributed by atoms with Gasteiger partial charge in [0.25, 0.3) is 5.91 Å². The van der Waals surface area contributed by atoms with Gasteiger partial charge in [0, 0.05) is 30.8 Å². The van der Waals surface area contributed by atoms with Crippen LogP contribution in [-0.2, 0) is 12.8 Å². The van der Waals surface area contributed by atoms with E-state index in [0.717, 1.165) is 10.9 Å². The molecule has 0 fully saturated rings. The Kier molecular flexibility index (Phi) is 6.49. The van der Waals surface area contributed by atoms with Crippen molar-refractivity contribution in [3.05, 3.63) is 41.7 Å². The van der Waals surface area contributed by atoms with Gasteiger partial charge in [-0.05, 0) is 20.0 Å². The van der Waals surface area contributed by atoms with Crippen LogP contribution in [0.3, 0.4) is 0 Å². The van der Waals surface area contributed by atoms with Crippen molar-refractivity contribution in [3.63, 3.8) is 0 Å². The van der Waals surface area contributed by atoms with Gasteiger partial charge in [0.15, 0.2) is 11.5 Å². The number of halogens is 1. The molecule has 9 heteroatoms. The van der Waals surface area contributed by atoms with Gasteiger partial charge in [-0.25, -0.2) is 0 Å². The highest BCUT2D eigenvalue weighted by Gasteiger charge is 2.14. The Morgan fingerprint density at radius 3 is 2.96 bits per heavy atom. The van der Waals surface area contributed by atoms with Crippen molar-refractivity contribution in [2.75, 3.05) is 13.6 Å². The SMILES string of the molecule is CNC(C)Cc1noc(CCNC(=O)c2n[nH]c3ccccc23)n1.Cl. The summed E-state index contributed by atoms with van der Waals surface area (Å²) in [5.41, 5.74) is 1.22. The van der Waals surface area contributed by atoms with Gasteiger partial charge in [0.2, 0.25) is 5.89 Å². The number of nitrogens with one attached hydrogen (secondary N) is 3. The molecule has 0 aliphatic rings. The summed E-state index contributed by atoms with van der Waals surface area (Å²) >= 11 is 0. The van der Waals surface area contributed by atoms with Crippen LogP contribution in [0.1, 0.15) is 29.1 Å². The molecule has 0 radical (unpaired) electrons. The van der Waals surface area contributed by atoms with Crippen molar-refractivity contribution in [1.29, 1.82) is 0 Å². The highest BCUT2D eigenvalue weighted by atomic mass is 35.5. The van der Waals surface area contributed by atoms with Gasteiger partial charge in [0.1, 0.15) is 0 Å². The number of likely N-dealkylation sites (N-methyl/N-ethyl adjacent to an activating group) is 1. The fourth-order valence-electron chi connectivity index (χ4n) is 2.35. The molecular weight excluding hydrogens is 344 g/mol. The van der Waals surface area contributed by atoms with Gasteiger partial charge in [-0.2, -0.15) is 10.1 Å². The molecule has 1 unspecified atom stereocenters. The standard InChI is InChI=1S/C16H20N6O2.ClH/c1-10(17-2)9-13-19-14(24-22-13)7-8-18-16(23)15-11-5-3-4-6-12(11)20-21-15;/h3-6,10,17H,7-9H2,1-2H3,(H,18,23)(H,20,21);1H. The van der Waals surface area contributed by atoms with E-state index in [2.05, 4.69) is 31.0 Å². The maximum absolute atomic E-state index is 12.2. The maximum Gasteiger partial charge on any atom is 0.272 e. The summed E-state index contributed by atoms with van der Waals surface area (Å²) in [5, 5.41) is 17.6. The van der Waals surface area contributed by atoms with E-state index < -0.39 is 0 Å². The maximum atomic E-state index is 12.2. The number of rotatable bonds is 7. The van der Waals surface area contributed by atoms with Crippen LogP contribution in [0.4, 0.5) is 0 Å². The second-order valence-electron chi connectivity index (χ2n) is 5.62. The minimum Gasteiger partial charge on any atom is -0.350 e. The van der Waals surface area contributed by atoms with E-state index in [-0.39, 0.29) is 24.4 Å². The molecule has 0 spiro atoms. The summed E-state index contributed by atoms with van der Waals surface area (Å²) in [7, 11) is 1.89. The number of aromatic nitrogens is 4. The Morgan fingerprint density at radius 1 is 1.36 bits per heavy atom. The third-order valence-corrected chi connectivity index (χ3v) is 3.80. The van der Waals surface area contributed by atoms with E-state index in [4.69, 9.17) is 4.52 Å². The van der Waals surface area contributed by atoms with Gasteiger partial charge in [0.05, 0.1) is 5.52 Å². The van der Waals surface area contributed by atoms with Gasteiger partial charge < -0.3 is 15.2 Å². The topological polar surface area (TPSA) is 109 Å². The zero-order valence-corrected chi connectivity index (χ0v) is 14.9. The lowest BCUT2D eigenvalue weighted by Gasteiger charge is -2.04. The third-order valence-electron chi connectivity index (χ3n) is 3.80. The molecule has 0 saturated carbocycles. The Balaban J connectivity index is 0.00000225. The van der Waals surface area contributed by atoms with E-state index in [0.29, 0.717) is 36.8 Å². The summed E-state index contributed by atoms with van der Waals surface area (Å²) < 4.78 is 5.19. The Hall–Kier alpha value is -2.45. The molecule has 3 rings (SSSR count). The van der Waals surface area contributed by atoms with E-state index in [1.54, 1.807) is 0 Å². The molecule has 0 bridgehead atoms. The van der Waals surface area contributed by atoms with Crippen LogP contribution >= 0.6 is 12.4 Å². The largest absolute Gasteiger partial charge is 0.350 e. The lowest BCUT2D eigenvalue weighted by atomic mass is 10.2. The van der Waals surface area contributed by atoms with Crippen LogP contribution in [0, 0.1) is 0 Å². The molecule has 1 amide bonds. The van der Waals surface area contributed by atoms with Crippen molar-refractivity contribution in [1.82, 2.24) is 31.0 Å². The van der Waals surface area contributed by atoms with Crippen LogP contribution in [0.5, 0.6) is 0 Å². The molecule has 0 aliphatic heterocycles. The Labute approximate surface area is 151 Å². The number of fused-ring (bicyclic) bond motifs is 1. The molecule has 2 heterocycles. The number of nitrogens with zero attached hydrogens (tertiary/aromatic N) is 3. The second kappa shape index (κ2) is 8.59. The highest BCUT2D eigenvalue weighted by molar-refractivity contribution is 6.04. The number of hydrogen-bond acceptors (Lipinski definition) is 6. The lowest BCUT2D eigenvalue weighted by Crippen LogP contribution is -2.26. The summed E-state index contributed by atoms with van der Waals surface area (Å²) in [5.74, 6) is 0.952. The third kappa shape index (κ3) is 4.55. The first kappa shape index (κ1) is 18.9. The lowest BCUT2D eigenvalue weighted by molar-refractivity contribution is 0.0950. The summed E-state index contributed by atoms with van der Waals surface area (Å²) in [6.07, 6.45) is 1.18. The molecule has 3 aromatic rings. The number of para-hydroxylation sites is 1. The molecule has 25 heavy (non-hydrogen) atoms. The highest BCUT2D eigenvalue weighted by Crippen LogP contribution is 2.14. The van der Waals surface area contributed by atoms with Crippen LogP contribution in [-0.4, -0.2) is 45.9 Å². The Bertz CT molecular complexity index is 831. The van der Waals surface area contributed by atoms with E-state index in [9.17, 15) is 4.79 Å². The zero-order valence-electron chi connectivity index (χ0n) is 14.1. The van der Waals surface area contributed by atoms with Crippen LogP contribution < -0.4 is 10.6 Å². The molecule has 1 atom stereocenters. The first-order valence-corrected chi connectivity index (χ1v) is 7.87. The smallest absolute Gasteiger partial charge is 0.272 e. The van der Waals surface area contributed by atoms with Crippen molar-refractivity contribution in [2.45, 2.75) is 25.8 Å². The number of hydrogen-bond donors (Lipinski definition) is 3. The molecule has 3 N–H and O–H groups in total. The van der Waals surface area contributed by atoms with Crippen molar-refractivity contribution >= 4 is 29.2 Å². The molecule has 0 aliphatic carbocycles. The molecule has 0 saturated heterocycles. The quantitative estimate of drug-likeness (QED) is 0.586. The van der Waals surface area contributed by atoms with Crippen LogP contribution in [0.25, 0.3) is 10.9 Å². The van der Waals surface area contributed by atoms with Gasteiger partial charge >= 0.3 is 0 Å². The average Bonchev–Trinajstić information content (AvgIpc) is 3.21. The zero-order chi connectivity index (χ0) is 16.9. The van der Waals surface area contributed by atoms with E-state index in [1.807, 2.05) is 38.2 Å². The summed E-state index contributed by atoms with van der Waals surface area (Å²) in [6, 6.07) is 7.79. The van der Waals surface area contributed by atoms with Crippen molar-refractivity contribution in [3.8, 4) is 0 Å². The van der Waals surface area contributed by atoms with E-state index >= 15 is 0 Å². The number of H-pyrrole nitrogens is 1. The van der Waals surface area contributed by atoms with Crippen LogP contribution in [0.15, 0.2) is 28.8 Å². The average molecular weight is 365 g/mol. The number of aromatic amines is 1. The van der Waals surface area contributed by atoms with E-state index in [1.165, 1.54) is 0 Å². The van der Waals surface area contributed by atoms with Crippen molar-refractivity contribution in [2.24, 2.45) is 0 Å². The molecule has 1 aromatic carbocycles. The molecule has 2 aromatic heterocycles. The van der Waals surface area contributed by atoms with Gasteiger partial charge in [-0.3, -0.25) is 9.89 Å². The molecular formula is C16H21ClN6O2. The fourth-order valence-corrected chi connectivity index (χ4v) is 2.35. The summed E-state index contributed by atoms with van der Waals surface area (Å²) in [6.45, 7) is 2.45. The number of benzene rings is 1. The minimum absolute atomic E-state index is 0. The first-order valence-electron chi connectivity index (χ1n) is 7.87. The predicted molar refractivity (Wildman–Crippen MR) is 95.9 cm³/mol. The normalized spacial score (nSPS) is 11.9. The van der Waals surface area contributed by atoms with Gasteiger partial charge in [-0.15, -0.1) is 12.4 Å². The minimum atomic E-state index is -0.226. The monoisotopic (exact) mass is 364 g/mol. The number of amides is 1. The van der Waals surface area contributed by atoms with Gasteiger partial charge in [-0.1, -0.05) is 23.4 Å². The second-order valence-corrected chi connectivity index (χ2v) is 5.62. The van der Waals surface area contributed by atoms with Crippen molar-refractivity contribution < 1.29 is 9.32 Å². The first-order chi connectivity index (χ1) is 11.7. The number of carbonyl (C=O) groups excluding carboxylic acids is 1.